The maximum Gasteiger partial charge on any atom is 0.249 e. The number of amides is 1. The molecule has 4 N–H and O–H groups in total. The van der Waals surface area contributed by atoms with Gasteiger partial charge in [-0.3, -0.25) is 9.78 Å². The van der Waals surface area contributed by atoms with Gasteiger partial charge in [-0.15, -0.1) is 0 Å². The van der Waals surface area contributed by atoms with Crippen LogP contribution in [0.15, 0.2) is 42.6 Å². The third kappa shape index (κ3) is 3.50. The maximum atomic E-state index is 11.8. The predicted molar refractivity (Wildman–Crippen MR) is 96.9 cm³/mol. The molecule has 6 nitrogen and oxygen atoms in total. The van der Waals surface area contributed by atoms with E-state index in [-0.39, 0.29) is 6.61 Å². The van der Waals surface area contributed by atoms with Crippen molar-refractivity contribution >= 4 is 34.1 Å². The first-order chi connectivity index (χ1) is 12.0. The lowest BCUT2D eigenvalue weighted by Gasteiger charge is -2.13. The van der Waals surface area contributed by atoms with Crippen molar-refractivity contribution in [2.45, 2.75) is 6.61 Å². The third-order valence-electron chi connectivity index (χ3n) is 3.67. The Hall–Kier alpha value is -2.83. The van der Waals surface area contributed by atoms with E-state index in [9.17, 15) is 4.79 Å². The number of nitrogens with two attached hydrogens (primary N) is 2. The Morgan fingerprint density at radius 3 is 2.68 bits per heavy atom. The van der Waals surface area contributed by atoms with E-state index in [1.165, 1.54) is 0 Å². The number of methoxy groups -OCH3 is 1. The molecule has 0 spiro atoms. The Balaban J connectivity index is 2.12. The van der Waals surface area contributed by atoms with Gasteiger partial charge in [-0.25, -0.2) is 0 Å². The Morgan fingerprint density at radius 1 is 1.20 bits per heavy atom. The molecule has 0 fully saturated rings. The van der Waals surface area contributed by atoms with Gasteiger partial charge in [0.2, 0.25) is 5.91 Å². The van der Waals surface area contributed by atoms with Gasteiger partial charge >= 0.3 is 0 Å². The lowest BCUT2D eigenvalue weighted by Crippen LogP contribution is -2.14. The highest BCUT2D eigenvalue weighted by Gasteiger charge is 2.14. The van der Waals surface area contributed by atoms with Crippen molar-refractivity contribution in [3.63, 3.8) is 0 Å². The Labute approximate surface area is 149 Å². The second kappa shape index (κ2) is 6.96. The van der Waals surface area contributed by atoms with Gasteiger partial charge in [0.15, 0.2) is 0 Å². The molecule has 0 saturated heterocycles. The lowest BCUT2D eigenvalue weighted by molar-refractivity contribution is 0.0995. The SMILES string of the molecule is COCc1cc2nccc(Oc3ccc(N)cc3Cl)c2cc1C(N)=O. The number of carbonyl (C=O) groups is 1. The number of ether oxygens (including phenoxy) is 2. The fourth-order valence-corrected chi connectivity index (χ4v) is 2.75. The predicted octanol–water partition coefficient (Wildman–Crippen LogP) is 3.51. The summed E-state index contributed by atoms with van der Waals surface area (Å²) in [6.45, 7) is 0.255. The van der Waals surface area contributed by atoms with Gasteiger partial charge in [-0.1, -0.05) is 11.6 Å². The average molecular weight is 358 g/mol. The van der Waals surface area contributed by atoms with E-state index < -0.39 is 5.91 Å². The van der Waals surface area contributed by atoms with E-state index in [0.29, 0.717) is 44.2 Å². The minimum absolute atomic E-state index is 0.255. The molecule has 0 saturated carbocycles. The number of aromatic nitrogens is 1. The summed E-state index contributed by atoms with van der Waals surface area (Å²) in [5.74, 6) is 0.405. The van der Waals surface area contributed by atoms with Crippen LogP contribution in [0.3, 0.4) is 0 Å². The van der Waals surface area contributed by atoms with Crippen LogP contribution in [0.2, 0.25) is 5.02 Å². The van der Waals surface area contributed by atoms with Crippen molar-refractivity contribution in [3.8, 4) is 11.5 Å². The zero-order valence-corrected chi connectivity index (χ0v) is 14.2. The minimum Gasteiger partial charge on any atom is -0.455 e. The molecule has 1 heterocycles. The molecule has 0 radical (unpaired) electrons. The second-order valence-electron chi connectivity index (χ2n) is 5.42. The summed E-state index contributed by atoms with van der Waals surface area (Å²) in [6.07, 6.45) is 1.61. The van der Waals surface area contributed by atoms with Crippen LogP contribution in [0.5, 0.6) is 11.5 Å². The van der Waals surface area contributed by atoms with Crippen LogP contribution in [0.25, 0.3) is 10.9 Å². The van der Waals surface area contributed by atoms with E-state index >= 15 is 0 Å². The van der Waals surface area contributed by atoms with Gasteiger partial charge in [0, 0.05) is 29.9 Å². The van der Waals surface area contributed by atoms with Crippen LogP contribution in [0.4, 0.5) is 5.69 Å². The van der Waals surface area contributed by atoms with E-state index in [1.807, 2.05) is 0 Å². The zero-order chi connectivity index (χ0) is 18.0. The number of pyridine rings is 1. The summed E-state index contributed by atoms with van der Waals surface area (Å²) in [7, 11) is 1.55. The number of nitrogen functional groups attached to an aromatic ring is 1. The van der Waals surface area contributed by atoms with Crippen molar-refractivity contribution in [1.82, 2.24) is 4.98 Å². The van der Waals surface area contributed by atoms with Crippen LogP contribution >= 0.6 is 11.6 Å². The van der Waals surface area contributed by atoms with Gasteiger partial charge in [0.1, 0.15) is 11.5 Å². The quantitative estimate of drug-likeness (QED) is 0.680. The number of anilines is 1. The largest absolute Gasteiger partial charge is 0.455 e. The molecular weight excluding hydrogens is 342 g/mol. The Bertz CT molecular complexity index is 960. The van der Waals surface area contributed by atoms with Gasteiger partial charge < -0.3 is 20.9 Å². The van der Waals surface area contributed by atoms with Crippen LogP contribution < -0.4 is 16.2 Å². The molecule has 0 atom stereocenters. The van der Waals surface area contributed by atoms with Crippen LogP contribution in [0.1, 0.15) is 15.9 Å². The molecule has 0 aliphatic heterocycles. The molecule has 128 valence electrons. The number of primary amides is 1. The average Bonchev–Trinajstić information content (AvgIpc) is 2.57. The molecule has 3 rings (SSSR count). The number of hydrogen-bond acceptors (Lipinski definition) is 5. The molecule has 0 aliphatic carbocycles. The summed E-state index contributed by atoms with van der Waals surface area (Å²) < 4.78 is 11.0. The molecular formula is C18H16ClN3O3. The van der Waals surface area contributed by atoms with Gasteiger partial charge in [-0.2, -0.15) is 0 Å². The summed E-state index contributed by atoms with van der Waals surface area (Å²) in [4.78, 5) is 16.1. The van der Waals surface area contributed by atoms with E-state index in [4.69, 9.17) is 32.5 Å². The number of rotatable bonds is 5. The van der Waals surface area contributed by atoms with Crippen molar-refractivity contribution in [1.29, 1.82) is 0 Å². The molecule has 0 aliphatic rings. The van der Waals surface area contributed by atoms with E-state index in [0.717, 1.165) is 0 Å². The number of carbonyl (C=O) groups excluding carboxylic acids is 1. The minimum atomic E-state index is -0.547. The van der Waals surface area contributed by atoms with Gasteiger partial charge in [0.25, 0.3) is 0 Å². The third-order valence-corrected chi connectivity index (χ3v) is 3.96. The number of hydrogen-bond donors (Lipinski definition) is 2. The Morgan fingerprint density at radius 2 is 2.00 bits per heavy atom. The molecule has 1 aromatic heterocycles. The first-order valence-electron chi connectivity index (χ1n) is 7.43. The number of halogens is 1. The summed E-state index contributed by atoms with van der Waals surface area (Å²) in [5.41, 5.74) is 13.4. The van der Waals surface area contributed by atoms with Gasteiger partial charge in [0.05, 0.1) is 17.1 Å². The highest BCUT2D eigenvalue weighted by atomic mass is 35.5. The summed E-state index contributed by atoms with van der Waals surface area (Å²) in [5, 5.41) is 1.03. The van der Waals surface area contributed by atoms with E-state index in [1.54, 1.807) is 49.7 Å². The smallest absolute Gasteiger partial charge is 0.249 e. The monoisotopic (exact) mass is 357 g/mol. The molecule has 0 bridgehead atoms. The van der Waals surface area contributed by atoms with Crippen LogP contribution in [-0.4, -0.2) is 18.0 Å². The number of nitrogens with zero attached hydrogens (tertiary/aromatic N) is 1. The second-order valence-corrected chi connectivity index (χ2v) is 5.83. The van der Waals surface area contributed by atoms with E-state index in [2.05, 4.69) is 4.98 Å². The maximum absolute atomic E-state index is 11.8. The van der Waals surface area contributed by atoms with Crippen molar-refractivity contribution in [3.05, 3.63) is 58.7 Å². The standard InChI is InChI=1S/C18H16ClN3O3/c1-24-9-10-6-15-13(8-12(10)18(21)23)16(4-5-22-15)25-17-3-2-11(20)7-14(17)19/h2-8H,9,20H2,1H3,(H2,21,23). The molecule has 2 aromatic carbocycles. The van der Waals surface area contributed by atoms with Crippen LogP contribution in [0, 0.1) is 0 Å². The normalized spacial score (nSPS) is 10.8. The molecule has 7 heteroatoms. The summed E-state index contributed by atoms with van der Waals surface area (Å²) >= 11 is 6.17. The number of fused-ring (bicyclic) bond motifs is 1. The fraction of sp³-hybridized carbons (Fsp3) is 0.111. The highest BCUT2D eigenvalue weighted by molar-refractivity contribution is 6.32. The van der Waals surface area contributed by atoms with Crippen molar-refractivity contribution in [2.75, 3.05) is 12.8 Å². The number of benzene rings is 2. The fourth-order valence-electron chi connectivity index (χ4n) is 2.52. The Kier molecular flexibility index (Phi) is 4.74. The van der Waals surface area contributed by atoms with Gasteiger partial charge in [-0.05, 0) is 42.0 Å². The lowest BCUT2D eigenvalue weighted by atomic mass is 10.0. The zero-order valence-electron chi connectivity index (χ0n) is 13.5. The topological polar surface area (TPSA) is 100 Å². The summed E-state index contributed by atoms with van der Waals surface area (Å²) in [6, 6.07) is 10.1. The first-order valence-corrected chi connectivity index (χ1v) is 7.80. The first kappa shape index (κ1) is 17.0. The molecule has 25 heavy (non-hydrogen) atoms. The molecule has 1 amide bonds. The van der Waals surface area contributed by atoms with Crippen LogP contribution in [-0.2, 0) is 11.3 Å². The van der Waals surface area contributed by atoms with Crippen molar-refractivity contribution < 1.29 is 14.3 Å². The molecule has 0 unspecified atom stereocenters. The highest BCUT2D eigenvalue weighted by Crippen LogP contribution is 2.35. The van der Waals surface area contributed by atoms with Crippen molar-refractivity contribution in [2.24, 2.45) is 5.73 Å². The molecule has 3 aromatic rings.